The molecule has 1 aliphatic carbocycles. The van der Waals surface area contributed by atoms with Crippen LogP contribution in [0, 0.1) is 5.92 Å². The van der Waals surface area contributed by atoms with Crippen molar-refractivity contribution >= 4 is 5.78 Å². The van der Waals surface area contributed by atoms with Crippen LogP contribution in [-0.2, 0) is 4.79 Å². The van der Waals surface area contributed by atoms with Gasteiger partial charge < -0.3 is 5.11 Å². The quantitative estimate of drug-likeness (QED) is 0.515. The van der Waals surface area contributed by atoms with Crippen molar-refractivity contribution in [3.63, 3.8) is 0 Å². The normalized spacial score (nSPS) is 26.8. The third-order valence-corrected chi connectivity index (χ3v) is 2.27. The number of hydrogen-bond acceptors (Lipinski definition) is 2. The zero-order valence-corrected chi connectivity index (χ0v) is 7.49. The molecule has 0 amide bonds. The number of ketones is 1. The molecule has 1 aliphatic rings. The SMILES string of the molecule is CC(O)C=CCC1CCC[13C]1=O. The molecular formula is C10H16O2. The van der Waals surface area contributed by atoms with Gasteiger partial charge in [0.05, 0.1) is 6.10 Å². The maximum atomic E-state index is 11.2. The summed E-state index contributed by atoms with van der Waals surface area (Å²) in [6.45, 7) is 1.72. The largest absolute Gasteiger partial charge is 0.389 e. The summed E-state index contributed by atoms with van der Waals surface area (Å²) in [5.74, 6) is 0.630. The second-order valence-corrected chi connectivity index (χ2v) is 3.46. The van der Waals surface area contributed by atoms with Crippen molar-refractivity contribution in [2.75, 3.05) is 0 Å². The minimum Gasteiger partial charge on any atom is -0.389 e. The van der Waals surface area contributed by atoms with Crippen LogP contribution in [-0.4, -0.2) is 17.0 Å². The van der Waals surface area contributed by atoms with E-state index in [9.17, 15) is 4.79 Å². The third kappa shape index (κ3) is 2.78. The lowest BCUT2D eigenvalue weighted by Crippen LogP contribution is -2.04. The molecule has 0 aliphatic heterocycles. The molecule has 0 radical (unpaired) electrons. The summed E-state index contributed by atoms with van der Waals surface area (Å²) in [5, 5.41) is 8.92. The van der Waals surface area contributed by atoms with Crippen molar-refractivity contribution in [1.82, 2.24) is 0 Å². The molecule has 0 aromatic carbocycles. The van der Waals surface area contributed by atoms with Crippen molar-refractivity contribution in [2.24, 2.45) is 5.92 Å². The molecule has 1 N–H and O–H groups in total. The first kappa shape index (κ1) is 9.46. The number of hydrogen-bond donors (Lipinski definition) is 1. The molecule has 0 aromatic heterocycles. The van der Waals surface area contributed by atoms with Gasteiger partial charge in [-0.3, -0.25) is 4.79 Å². The van der Waals surface area contributed by atoms with Gasteiger partial charge in [0.25, 0.3) is 0 Å². The number of allylic oxidation sites excluding steroid dienone is 1. The van der Waals surface area contributed by atoms with Crippen molar-refractivity contribution in [3.8, 4) is 0 Å². The molecule has 2 heteroatoms. The number of carbonyl (C=O) groups is 1. The average Bonchev–Trinajstić information content (AvgIpc) is 2.36. The predicted octanol–water partition coefficient (Wildman–Crippen LogP) is 1.68. The van der Waals surface area contributed by atoms with Crippen LogP contribution in [0.5, 0.6) is 0 Å². The van der Waals surface area contributed by atoms with Gasteiger partial charge in [-0.25, -0.2) is 0 Å². The second-order valence-electron chi connectivity index (χ2n) is 3.46. The minimum atomic E-state index is -0.387. The summed E-state index contributed by atoms with van der Waals surface area (Å²) in [7, 11) is 0. The maximum Gasteiger partial charge on any atom is 0.136 e. The maximum absolute atomic E-state index is 11.2. The van der Waals surface area contributed by atoms with E-state index >= 15 is 0 Å². The lowest BCUT2D eigenvalue weighted by atomic mass is 10.1. The molecule has 0 saturated heterocycles. The zero-order chi connectivity index (χ0) is 8.97. The monoisotopic (exact) mass is 169 g/mol. The molecule has 2 unspecified atom stereocenters. The lowest BCUT2D eigenvalue weighted by Gasteiger charge is -2.02. The fourth-order valence-electron chi connectivity index (χ4n) is 1.58. The molecule has 12 heavy (non-hydrogen) atoms. The molecule has 2 atom stereocenters. The van der Waals surface area contributed by atoms with Gasteiger partial charge in [0.2, 0.25) is 0 Å². The van der Waals surface area contributed by atoms with Crippen molar-refractivity contribution in [2.45, 2.75) is 38.7 Å². The lowest BCUT2D eigenvalue weighted by molar-refractivity contribution is -0.120. The molecule has 1 rings (SSSR count). The fourth-order valence-corrected chi connectivity index (χ4v) is 1.58. The summed E-state index contributed by atoms with van der Waals surface area (Å²) in [6, 6.07) is 0. The van der Waals surface area contributed by atoms with E-state index in [1.54, 1.807) is 13.0 Å². The van der Waals surface area contributed by atoms with Crippen LogP contribution in [0.4, 0.5) is 0 Å². The summed E-state index contributed by atoms with van der Waals surface area (Å²) in [5.41, 5.74) is 0. The average molecular weight is 169 g/mol. The van der Waals surface area contributed by atoms with Gasteiger partial charge >= 0.3 is 0 Å². The van der Waals surface area contributed by atoms with Gasteiger partial charge in [0.15, 0.2) is 0 Å². The first-order valence-electron chi connectivity index (χ1n) is 4.57. The number of rotatable bonds is 3. The highest BCUT2D eigenvalue weighted by Gasteiger charge is 2.22. The summed E-state index contributed by atoms with van der Waals surface area (Å²) < 4.78 is 0. The van der Waals surface area contributed by atoms with Crippen molar-refractivity contribution in [1.29, 1.82) is 0 Å². The topological polar surface area (TPSA) is 37.3 Å². The Bertz CT molecular complexity index is 182. The van der Waals surface area contributed by atoms with Gasteiger partial charge in [-0.05, 0) is 26.2 Å². The van der Waals surface area contributed by atoms with E-state index in [4.69, 9.17) is 5.11 Å². The Morgan fingerprint density at radius 3 is 3.00 bits per heavy atom. The van der Waals surface area contributed by atoms with Crippen LogP contribution < -0.4 is 0 Å². The van der Waals surface area contributed by atoms with E-state index in [1.165, 1.54) is 0 Å². The van der Waals surface area contributed by atoms with E-state index in [1.807, 2.05) is 6.08 Å². The highest BCUT2D eigenvalue weighted by Crippen LogP contribution is 2.24. The smallest absolute Gasteiger partial charge is 0.136 e. The van der Waals surface area contributed by atoms with Crippen molar-refractivity contribution < 1.29 is 9.90 Å². The molecule has 2 nitrogen and oxygen atoms in total. The van der Waals surface area contributed by atoms with E-state index in [-0.39, 0.29) is 12.0 Å². The van der Waals surface area contributed by atoms with Gasteiger partial charge in [-0.1, -0.05) is 12.2 Å². The number of carbonyl (C=O) groups excluding carboxylic acids is 1. The number of Topliss-reactive ketones (excluding diaryl/α,β-unsaturated/α-hetero) is 1. The Kier molecular flexibility index (Phi) is 3.48. The second kappa shape index (κ2) is 4.41. The minimum absolute atomic E-state index is 0.236. The van der Waals surface area contributed by atoms with Crippen LogP contribution >= 0.6 is 0 Å². The van der Waals surface area contributed by atoms with Gasteiger partial charge in [0, 0.05) is 12.3 Å². The van der Waals surface area contributed by atoms with Crippen molar-refractivity contribution in [3.05, 3.63) is 12.2 Å². The van der Waals surface area contributed by atoms with Crippen LogP contribution in [0.15, 0.2) is 12.2 Å². The number of aliphatic hydroxyl groups is 1. The van der Waals surface area contributed by atoms with Crippen LogP contribution in [0.25, 0.3) is 0 Å². The van der Waals surface area contributed by atoms with E-state index in [2.05, 4.69) is 0 Å². The van der Waals surface area contributed by atoms with E-state index in [0.29, 0.717) is 5.78 Å². The summed E-state index contributed by atoms with van der Waals surface area (Å²) in [4.78, 5) is 11.2. The molecule has 1 saturated carbocycles. The molecule has 0 aromatic rings. The van der Waals surface area contributed by atoms with Crippen LogP contribution in [0.3, 0.4) is 0 Å². The predicted molar refractivity (Wildman–Crippen MR) is 47.8 cm³/mol. The molecular weight excluding hydrogens is 153 g/mol. The Morgan fingerprint density at radius 1 is 1.75 bits per heavy atom. The standard InChI is InChI=1S/C10H16O2/c1-8(11)4-2-5-9-6-3-7-10(9)12/h2,4,8-9,11H,3,5-7H2,1H3/i10+1. The Labute approximate surface area is 73.3 Å². The molecule has 0 heterocycles. The Balaban J connectivity index is 2.27. The molecule has 68 valence electrons. The molecule has 1 fully saturated rings. The van der Waals surface area contributed by atoms with E-state index < -0.39 is 0 Å². The van der Waals surface area contributed by atoms with Crippen LogP contribution in [0.2, 0.25) is 0 Å². The first-order valence-corrected chi connectivity index (χ1v) is 4.57. The third-order valence-electron chi connectivity index (χ3n) is 2.27. The number of aliphatic hydroxyl groups excluding tert-OH is 1. The van der Waals surface area contributed by atoms with Crippen LogP contribution in [0.1, 0.15) is 32.6 Å². The van der Waals surface area contributed by atoms with Gasteiger partial charge in [-0.15, -0.1) is 0 Å². The fraction of sp³-hybridized carbons (Fsp3) is 0.700. The van der Waals surface area contributed by atoms with Gasteiger partial charge in [0.1, 0.15) is 5.78 Å². The highest BCUT2D eigenvalue weighted by molar-refractivity contribution is 5.82. The molecule has 0 spiro atoms. The zero-order valence-electron chi connectivity index (χ0n) is 7.49. The summed E-state index contributed by atoms with van der Waals surface area (Å²) in [6.07, 6.45) is 6.91. The highest BCUT2D eigenvalue weighted by atomic mass is 16.3. The Morgan fingerprint density at radius 2 is 2.50 bits per heavy atom. The van der Waals surface area contributed by atoms with Gasteiger partial charge in [-0.2, -0.15) is 0 Å². The Hall–Kier alpha value is -0.630. The first-order chi connectivity index (χ1) is 5.70. The van der Waals surface area contributed by atoms with E-state index in [0.717, 1.165) is 25.7 Å². The molecule has 0 bridgehead atoms. The summed E-state index contributed by atoms with van der Waals surface area (Å²) >= 11 is 0.